The second-order valence-electron chi connectivity index (χ2n) is 2.78. The summed E-state index contributed by atoms with van der Waals surface area (Å²) in [5.74, 6) is 0. The molecule has 0 saturated heterocycles. The Morgan fingerprint density at radius 1 is 1.27 bits per heavy atom. The van der Waals surface area contributed by atoms with Crippen LogP contribution in [0.15, 0.2) is 34.8 Å². The zero-order chi connectivity index (χ0) is 7.68. The van der Waals surface area contributed by atoms with Crippen LogP contribution in [0.25, 0.3) is 5.57 Å². The van der Waals surface area contributed by atoms with Crippen molar-refractivity contribution < 1.29 is 0 Å². The molecule has 1 aromatic carbocycles. The van der Waals surface area contributed by atoms with Gasteiger partial charge in [0.15, 0.2) is 0 Å². The largest absolute Gasteiger partial charge is 0.0804 e. The van der Waals surface area contributed by atoms with E-state index in [0.29, 0.717) is 0 Å². The fraction of sp³-hybridized carbons (Fsp3) is 0.200. The summed E-state index contributed by atoms with van der Waals surface area (Å²) in [6, 6.07) is 8.47. The minimum absolute atomic E-state index is 1.17. The topological polar surface area (TPSA) is 0 Å². The molecule has 0 unspecified atom stereocenters. The Hall–Kier alpha value is -0.560. The number of allylic oxidation sites excluding steroid dienone is 2. The van der Waals surface area contributed by atoms with Gasteiger partial charge in [-0.25, -0.2) is 0 Å². The molecule has 2 rings (SSSR count). The third-order valence-corrected chi connectivity index (χ3v) is 2.49. The number of halogens is 1. The molecule has 56 valence electrons. The molecule has 0 spiro atoms. The summed E-state index contributed by atoms with van der Waals surface area (Å²) in [5.41, 5.74) is 2.86. The molecule has 0 aromatic heterocycles. The average Bonchev–Trinajstić information content (AvgIpc) is 1.83. The molecule has 0 nitrogen and oxygen atoms in total. The van der Waals surface area contributed by atoms with E-state index in [1.54, 1.807) is 0 Å². The van der Waals surface area contributed by atoms with Gasteiger partial charge < -0.3 is 0 Å². The van der Waals surface area contributed by atoms with Crippen LogP contribution in [0.2, 0.25) is 0 Å². The minimum atomic E-state index is 1.17. The van der Waals surface area contributed by atoms with Crippen LogP contribution in [0.3, 0.4) is 0 Å². The molecule has 0 bridgehead atoms. The van der Waals surface area contributed by atoms with Crippen molar-refractivity contribution in [1.82, 2.24) is 0 Å². The monoisotopic (exact) mass is 208 g/mol. The van der Waals surface area contributed by atoms with Crippen LogP contribution >= 0.6 is 15.9 Å². The second kappa shape index (κ2) is 2.82. The number of hydrogen-bond acceptors (Lipinski definition) is 0. The van der Waals surface area contributed by atoms with Gasteiger partial charge in [-0.1, -0.05) is 34.1 Å². The van der Waals surface area contributed by atoms with Crippen LogP contribution in [0.5, 0.6) is 0 Å². The van der Waals surface area contributed by atoms with E-state index in [9.17, 15) is 0 Å². The molecule has 0 heterocycles. The van der Waals surface area contributed by atoms with Crippen molar-refractivity contribution in [1.29, 1.82) is 0 Å². The highest BCUT2D eigenvalue weighted by Crippen LogP contribution is 2.29. The summed E-state index contributed by atoms with van der Waals surface area (Å²) in [6.45, 7) is 0. The molecule has 1 aliphatic rings. The summed E-state index contributed by atoms with van der Waals surface area (Å²) in [7, 11) is 0. The summed E-state index contributed by atoms with van der Waals surface area (Å²) in [6.07, 6.45) is 4.79. The van der Waals surface area contributed by atoms with Crippen molar-refractivity contribution in [3.05, 3.63) is 40.4 Å². The van der Waals surface area contributed by atoms with Crippen LogP contribution < -0.4 is 0 Å². The lowest BCUT2D eigenvalue weighted by atomic mass is 9.92. The lowest BCUT2D eigenvalue weighted by Crippen LogP contribution is -1.92. The zero-order valence-corrected chi connectivity index (χ0v) is 7.76. The maximum atomic E-state index is 3.46. The van der Waals surface area contributed by atoms with Gasteiger partial charge in [-0.3, -0.25) is 0 Å². The van der Waals surface area contributed by atoms with Crippen molar-refractivity contribution in [3.8, 4) is 0 Å². The fourth-order valence-electron chi connectivity index (χ4n) is 1.24. The molecule has 0 atom stereocenters. The molecule has 0 N–H and O–H groups in total. The minimum Gasteiger partial charge on any atom is -0.0804 e. The van der Waals surface area contributed by atoms with Gasteiger partial charge in [-0.2, -0.15) is 0 Å². The third kappa shape index (κ3) is 1.38. The summed E-state index contributed by atoms with van der Waals surface area (Å²) in [4.78, 5) is 0. The van der Waals surface area contributed by atoms with Crippen molar-refractivity contribution in [2.75, 3.05) is 0 Å². The fourth-order valence-corrected chi connectivity index (χ4v) is 1.64. The highest BCUT2D eigenvalue weighted by atomic mass is 79.9. The average molecular weight is 209 g/mol. The van der Waals surface area contributed by atoms with Crippen molar-refractivity contribution in [2.24, 2.45) is 0 Å². The van der Waals surface area contributed by atoms with E-state index in [4.69, 9.17) is 0 Å². The first kappa shape index (κ1) is 7.11. The number of rotatable bonds is 1. The van der Waals surface area contributed by atoms with Gasteiger partial charge in [0.1, 0.15) is 0 Å². The Balaban J connectivity index is 2.38. The van der Waals surface area contributed by atoms with Gasteiger partial charge in [0.05, 0.1) is 0 Å². The van der Waals surface area contributed by atoms with Crippen LogP contribution in [0.1, 0.15) is 18.4 Å². The Morgan fingerprint density at radius 2 is 2.09 bits per heavy atom. The molecular weight excluding hydrogens is 200 g/mol. The molecule has 0 saturated carbocycles. The first-order valence-electron chi connectivity index (χ1n) is 3.81. The molecule has 1 heteroatoms. The zero-order valence-electron chi connectivity index (χ0n) is 6.18. The first-order chi connectivity index (χ1) is 5.36. The summed E-state index contributed by atoms with van der Waals surface area (Å²) in [5, 5.41) is 0. The molecule has 1 aromatic rings. The normalized spacial score (nSPS) is 15.5. The lowest BCUT2D eigenvalue weighted by Gasteiger charge is -2.14. The summed E-state index contributed by atoms with van der Waals surface area (Å²) < 4.78 is 1.17. The van der Waals surface area contributed by atoms with Crippen LogP contribution in [-0.4, -0.2) is 0 Å². The van der Waals surface area contributed by atoms with E-state index >= 15 is 0 Å². The number of hydrogen-bond donors (Lipinski definition) is 0. The van der Waals surface area contributed by atoms with Crippen molar-refractivity contribution in [3.63, 3.8) is 0 Å². The van der Waals surface area contributed by atoms with Gasteiger partial charge in [0, 0.05) is 4.47 Å². The number of benzene rings is 1. The lowest BCUT2D eigenvalue weighted by molar-refractivity contribution is 0.988. The smallest absolute Gasteiger partial charge is 0.0181 e. The molecule has 11 heavy (non-hydrogen) atoms. The van der Waals surface area contributed by atoms with Gasteiger partial charge in [-0.15, -0.1) is 0 Å². The maximum Gasteiger partial charge on any atom is 0.0181 e. The first-order valence-corrected chi connectivity index (χ1v) is 4.60. The van der Waals surface area contributed by atoms with E-state index in [1.165, 1.54) is 28.5 Å². The van der Waals surface area contributed by atoms with Gasteiger partial charge in [-0.05, 0) is 36.1 Å². The van der Waals surface area contributed by atoms with Crippen LogP contribution in [-0.2, 0) is 0 Å². The standard InChI is InChI=1S/C10H9Br/c11-10-6-2-5-9(7-10)8-3-1-4-8/h2-3,5-7H,1,4H2. The van der Waals surface area contributed by atoms with Crippen molar-refractivity contribution >= 4 is 21.5 Å². The Labute approximate surface area is 75.1 Å². The Kier molecular flexibility index (Phi) is 1.82. The summed E-state index contributed by atoms with van der Waals surface area (Å²) >= 11 is 3.46. The predicted octanol–water partition coefficient (Wildman–Crippen LogP) is 3.63. The molecule has 0 aliphatic heterocycles. The van der Waals surface area contributed by atoms with E-state index in [1.807, 2.05) is 0 Å². The maximum absolute atomic E-state index is 3.46. The predicted molar refractivity (Wildman–Crippen MR) is 51.4 cm³/mol. The third-order valence-electron chi connectivity index (χ3n) is 2.00. The van der Waals surface area contributed by atoms with Gasteiger partial charge in [0.2, 0.25) is 0 Å². The van der Waals surface area contributed by atoms with E-state index in [2.05, 4.69) is 46.3 Å². The Bertz CT molecular complexity index is 299. The molecular formula is C10H9Br. The van der Waals surface area contributed by atoms with E-state index < -0.39 is 0 Å². The second-order valence-corrected chi connectivity index (χ2v) is 3.69. The molecule has 0 fully saturated rings. The van der Waals surface area contributed by atoms with Crippen LogP contribution in [0.4, 0.5) is 0 Å². The van der Waals surface area contributed by atoms with Gasteiger partial charge >= 0.3 is 0 Å². The highest BCUT2D eigenvalue weighted by molar-refractivity contribution is 9.10. The van der Waals surface area contributed by atoms with E-state index in [-0.39, 0.29) is 0 Å². The molecule has 1 aliphatic carbocycles. The molecule has 0 radical (unpaired) electrons. The van der Waals surface area contributed by atoms with E-state index in [0.717, 1.165) is 0 Å². The van der Waals surface area contributed by atoms with Crippen molar-refractivity contribution in [2.45, 2.75) is 12.8 Å². The Morgan fingerprint density at radius 3 is 2.64 bits per heavy atom. The molecule has 0 amide bonds. The highest BCUT2D eigenvalue weighted by Gasteiger charge is 2.07. The van der Waals surface area contributed by atoms with Crippen LogP contribution in [0, 0.1) is 0 Å². The quantitative estimate of drug-likeness (QED) is 0.662. The van der Waals surface area contributed by atoms with Gasteiger partial charge in [0.25, 0.3) is 0 Å². The SMILES string of the molecule is Brc1cccc(C2=CCC2)c1.